The number of amides is 1. The van der Waals surface area contributed by atoms with Crippen molar-refractivity contribution in [1.82, 2.24) is 4.90 Å². The number of Topliss-reactive ketones (excluding diaryl/α,β-unsaturated/α-hetero) is 1. The number of nitrogens with zero attached hydrogens (tertiary/aromatic N) is 1. The molecule has 4 nitrogen and oxygen atoms in total. The Bertz CT molecular complexity index is 582. The fraction of sp³-hybridized carbons (Fsp3) is 0.579. The van der Waals surface area contributed by atoms with E-state index in [4.69, 9.17) is 4.74 Å². The molecule has 0 unspecified atom stereocenters. The minimum Gasteiger partial charge on any atom is -0.381 e. The second-order valence-corrected chi connectivity index (χ2v) is 6.65. The fourth-order valence-corrected chi connectivity index (χ4v) is 3.30. The highest BCUT2D eigenvalue weighted by Crippen LogP contribution is 2.25. The van der Waals surface area contributed by atoms with Gasteiger partial charge >= 0.3 is 0 Å². The molecular formula is C19H26FNO3. The normalized spacial score (nSPS) is 22.0. The molecule has 1 aliphatic rings. The number of hydrogen-bond acceptors (Lipinski definition) is 3. The Labute approximate surface area is 143 Å². The van der Waals surface area contributed by atoms with E-state index < -0.39 is 11.7 Å². The fourth-order valence-electron chi connectivity index (χ4n) is 3.30. The first-order valence-electron chi connectivity index (χ1n) is 8.50. The summed E-state index contributed by atoms with van der Waals surface area (Å²) < 4.78 is 18.6. The molecule has 5 heteroatoms. The predicted molar refractivity (Wildman–Crippen MR) is 90.3 cm³/mol. The topological polar surface area (TPSA) is 46.6 Å². The van der Waals surface area contributed by atoms with Crippen molar-refractivity contribution in [3.8, 4) is 0 Å². The summed E-state index contributed by atoms with van der Waals surface area (Å²) in [6.07, 6.45) is 4.20. The van der Waals surface area contributed by atoms with Crippen molar-refractivity contribution in [2.45, 2.75) is 51.2 Å². The van der Waals surface area contributed by atoms with Gasteiger partial charge in [-0.2, -0.15) is 0 Å². The molecule has 1 atom stereocenters. The average molecular weight is 335 g/mol. The van der Waals surface area contributed by atoms with Gasteiger partial charge < -0.3 is 9.64 Å². The Kier molecular flexibility index (Phi) is 6.49. The predicted octanol–water partition coefficient (Wildman–Crippen LogP) is 3.45. The highest BCUT2D eigenvalue weighted by Gasteiger charge is 2.28. The molecule has 0 aromatic heterocycles. The van der Waals surface area contributed by atoms with Gasteiger partial charge in [0.15, 0.2) is 5.78 Å². The van der Waals surface area contributed by atoms with Crippen LogP contribution in [0.4, 0.5) is 4.39 Å². The van der Waals surface area contributed by atoms with Crippen molar-refractivity contribution in [1.29, 1.82) is 0 Å². The lowest BCUT2D eigenvalue weighted by Crippen LogP contribution is -2.41. The zero-order chi connectivity index (χ0) is 17.7. The second-order valence-electron chi connectivity index (χ2n) is 6.65. The Morgan fingerprint density at radius 2 is 1.96 bits per heavy atom. The smallest absolute Gasteiger partial charge is 0.223 e. The highest BCUT2D eigenvalue weighted by atomic mass is 19.1. The van der Waals surface area contributed by atoms with Crippen LogP contribution in [0.5, 0.6) is 0 Å². The maximum atomic E-state index is 13.2. The monoisotopic (exact) mass is 335 g/mol. The highest BCUT2D eigenvalue weighted by molar-refractivity contribution is 5.99. The van der Waals surface area contributed by atoms with E-state index in [1.54, 1.807) is 32.0 Å². The lowest BCUT2D eigenvalue weighted by atomic mass is 9.91. The molecule has 0 heterocycles. The molecule has 0 aliphatic heterocycles. The first-order valence-corrected chi connectivity index (χ1v) is 8.50. The molecule has 1 aliphatic carbocycles. The van der Waals surface area contributed by atoms with E-state index in [9.17, 15) is 14.0 Å². The van der Waals surface area contributed by atoms with Crippen LogP contribution in [0.25, 0.3) is 0 Å². The van der Waals surface area contributed by atoms with Gasteiger partial charge in [-0.25, -0.2) is 4.39 Å². The number of benzene rings is 1. The summed E-state index contributed by atoms with van der Waals surface area (Å²) in [7, 11) is 3.53. The number of ketones is 1. The third-order valence-electron chi connectivity index (χ3n) is 4.96. The van der Waals surface area contributed by atoms with E-state index in [0.717, 1.165) is 25.7 Å². The molecule has 132 valence electrons. The zero-order valence-corrected chi connectivity index (χ0v) is 14.6. The Morgan fingerprint density at radius 1 is 1.29 bits per heavy atom. The molecule has 0 N–H and O–H groups in total. The van der Waals surface area contributed by atoms with Gasteiger partial charge in [0.25, 0.3) is 0 Å². The minimum atomic E-state index is -0.461. The van der Waals surface area contributed by atoms with Crippen molar-refractivity contribution >= 4 is 11.7 Å². The van der Waals surface area contributed by atoms with E-state index in [-0.39, 0.29) is 24.2 Å². The maximum absolute atomic E-state index is 13.2. The van der Waals surface area contributed by atoms with Gasteiger partial charge in [0.1, 0.15) is 5.82 Å². The van der Waals surface area contributed by atoms with Crippen molar-refractivity contribution in [2.75, 3.05) is 14.2 Å². The molecule has 1 aromatic carbocycles. The summed E-state index contributed by atoms with van der Waals surface area (Å²) in [6.45, 7) is 1.72. The molecule has 1 fully saturated rings. The minimum absolute atomic E-state index is 0.0341. The van der Waals surface area contributed by atoms with Gasteiger partial charge in [0, 0.05) is 38.1 Å². The Hall–Kier alpha value is -1.75. The van der Waals surface area contributed by atoms with Crippen LogP contribution in [-0.4, -0.2) is 42.9 Å². The number of carbonyl (C=O) groups is 2. The number of carbonyl (C=O) groups excluding carboxylic acids is 2. The van der Waals surface area contributed by atoms with Crippen LogP contribution in [-0.2, 0) is 9.53 Å². The molecule has 2 rings (SSSR count). The summed E-state index contributed by atoms with van der Waals surface area (Å²) in [5.74, 6) is -1.13. The van der Waals surface area contributed by atoms with E-state index >= 15 is 0 Å². The number of rotatable bonds is 6. The molecule has 1 aromatic rings. The summed E-state index contributed by atoms with van der Waals surface area (Å²) >= 11 is 0. The van der Waals surface area contributed by atoms with Gasteiger partial charge in [-0.05, 0) is 37.8 Å². The van der Waals surface area contributed by atoms with Crippen LogP contribution in [0.1, 0.15) is 49.4 Å². The quantitative estimate of drug-likeness (QED) is 0.748. The van der Waals surface area contributed by atoms with Crippen LogP contribution in [0, 0.1) is 11.7 Å². The van der Waals surface area contributed by atoms with E-state index in [1.807, 2.05) is 0 Å². The second kappa shape index (κ2) is 8.38. The molecular weight excluding hydrogens is 309 g/mol. The number of methoxy groups -OCH3 is 1. The van der Waals surface area contributed by atoms with Gasteiger partial charge in [0.2, 0.25) is 5.91 Å². The first-order chi connectivity index (χ1) is 11.4. The summed E-state index contributed by atoms with van der Waals surface area (Å²) in [6, 6.07) is 5.83. The standard InChI is InChI=1S/C19H26FNO3/c1-13(19(23)14-5-4-6-15(20)12-14)11-18(22)21(2)16-7-9-17(24-3)10-8-16/h4-6,12-13,16-17H,7-11H2,1-3H3/t13-,16?,17?/m0/s1. The molecule has 0 saturated heterocycles. The Morgan fingerprint density at radius 3 is 2.54 bits per heavy atom. The largest absolute Gasteiger partial charge is 0.381 e. The van der Waals surface area contributed by atoms with Crippen LogP contribution >= 0.6 is 0 Å². The van der Waals surface area contributed by atoms with E-state index in [0.29, 0.717) is 11.7 Å². The Balaban J connectivity index is 1.90. The van der Waals surface area contributed by atoms with Crippen LogP contribution in [0.2, 0.25) is 0 Å². The summed E-state index contributed by atoms with van der Waals surface area (Å²) in [4.78, 5) is 26.6. The summed E-state index contributed by atoms with van der Waals surface area (Å²) in [5, 5.41) is 0. The first kappa shape index (κ1) is 18.6. The van der Waals surface area contributed by atoms with Crippen molar-refractivity contribution in [3.63, 3.8) is 0 Å². The van der Waals surface area contributed by atoms with Gasteiger partial charge in [-0.15, -0.1) is 0 Å². The maximum Gasteiger partial charge on any atom is 0.223 e. The van der Waals surface area contributed by atoms with E-state index in [2.05, 4.69) is 0 Å². The molecule has 24 heavy (non-hydrogen) atoms. The van der Waals surface area contributed by atoms with Gasteiger partial charge in [-0.3, -0.25) is 9.59 Å². The van der Waals surface area contributed by atoms with Crippen LogP contribution < -0.4 is 0 Å². The van der Waals surface area contributed by atoms with Crippen molar-refractivity contribution < 1.29 is 18.7 Å². The average Bonchev–Trinajstić information content (AvgIpc) is 2.60. The molecule has 0 radical (unpaired) electrons. The third-order valence-corrected chi connectivity index (χ3v) is 4.96. The van der Waals surface area contributed by atoms with Crippen LogP contribution in [0.15, 0.2) is 24.3 Å². The van der Waals surface area contributed by atoms with Crippen molar-refractivity contribution in [2.24, 2.45) is 5.92 Å². The third kappa shape index (κ3) is 4.63. The lowest BCUT2D eigenvalue weighted by molar-refractivity contribution is -0.133. The number of halogens is 1. The zero-order valence-electron chi connectivity index (χ0n) is 14.6. The number of ether oxygens (including phenoxy) is 1. The molecule has 1 amide bonds. The molecule has 1 saturated carbocycles. The van der Waals surface area contributed by atoms with E-state index in [1.165, 1.54) is 18.2 Å². The number of hydrogen-bond donors (Lipinski definition) is 0. The van der Waals surface area contributed by atoms with Crippen LogP contribution in [0.3, 0.4) is 0 Å². The SMILES string of the molecule is COC1CCC(N(C)C(=O)C[C@H](C)C(=O)c2cccc(F)c2)CC1. The molecule has 0 bridgehead atoms. The summed E-state index contributed by atoms with van der Waals surface area (Å²) in [5.41, 5.74) is 0.318. The van der Waals surface area contributed by atoms with Crippen molar-refractivity contribution in [3.05, 3.63) is 35.6 Å². The van der Waals surface area contributed by atoms with Gasteiger partial charge in [-0.1, -0.05) is 19.1 Å². The molecule has 0 spiro atoms. The lowest BCUT2D eigenvalue weighted by Gasteiger charge is -2.34. The van der Waals surface area contributed by atoms with Gasteiger partial charge in [0.05, 0.1) is 6.10 Å².